The van der Waals surface area contributed by atoms with Gasteiger partial charge in [0, 0.05) is 36.1 Å². The van der Waals surface area contributed by atoms with E-state index >= 15 is 0 Å². The van der Waals surface area contributed by atoms with Crippen LogP contribution in [0.1, 0.15) is 17.2 Å². The zero-order valence-electron chi connectivity index (χ0n) is 12.3. The van der Waals surface area contributed by atoms with E-state index in [0.29, 0.717) is 5.02 Å². The molecule has 0 unspecified atom stereocenters. The number of sulfone groups is 1. The molecule has 1 N–H and O–H groups in total. The first kappa shape index (κ1) is 17.1. The molecule has 0 saturated heterocycles. The minimum absolute atomic E-state index is 0.0256. The highest BCUT2D eigenvalue weighted by Crippen LogP contribution is 2.49. The van der Waals surface area contributed by atoms with Crippen LogP contribution >= 0.6 is 11.6 Å². The molecule has 1 heterocycles. The summed E-state index contributed by atoms with van der Waals surface area (Å²) < 4.78 is 57.1. The Morgan fingerprint density at radius 2 is 2.08 bits per heavy atom. The van der Waals surface area contributed by atoms with Crippen LogP contribution in [0.15, 0.2) is 35.5 Å². The van der Waals surface area contributed by atoms with Crippen molar-refractivity contribution in [3.05, 3.63) is 46.7 Å². The van der Waals surface area contributed by atoms with E-state index in [-0.39, 0.29) is 27.5 Å². The van der Waals surface area contributed by atoms with E-state index in [1.807, 2.05) is 0 Å². The number of halogens is 3. The van der Waals surface area contributed by atoms with Gasteiger partial charge in [0.15, 0.2) is 9.84 Å². The number of hydrogen-bond donors (Lipinski definition) is 1. The molecule has 1 aromatic carbocycles. The zero-order valence-corrected chi connectivity index (χ0v) is 13.9. The Balaban J connectivity index is 2.14. The van der Waals surface area contributed by atoms with Crippen molar-refractivity contribution in [1.82, 2.24) is 4.98 Å². The maximum atomic E-state index is 13.9. The molecule has 3 rings (SSSR count). The quantitative estimate of drug-likeness (QED) is 0.891. The molecule has 0 fully saturated rings. The second-order valence-corrected chi connectivity index (χ2v) is 7.93. The summed E-state index contributed by atoms with van der Waals surface area (Å²) in [7, 11) is -3.79. The summed E-state index contributed by atoms with van der Waals surface area (Å²) in [6, 6.07) is 3.87. The van der Waals surface area contributed by atoms with Gasteiger partial charge in [0.05, 0.1) is 16.1 Å². The Morgan fingerprint density at radius 1 is 1.38 bits per heavy atom. The Labute approximate surface area is 141 Å². The fraction of sp³-hybridized carbons (Fsp3) is 0.267. The normalized spacial score (nSPS) is 19.1. The number of aliphatic hydroxyl groups excluding tert-OH is 1. The van der Waals surface area contributed by atoms with Crippen LogP contribution < -0.4 is 4.74 Å². The maximum absolute atomic E-state index is 13.9. The van der Waals surface area contributed by atoms with Crippen LogP contribution in [0, 0.1) is 0 Å². The molecule has 9 heteroatoms. The van der Waals surface area contributed by atoms with Gasteiger partial charge in [0.25, 0.3) is 5.92 Å². The lowest BCUT2D eigenvalue weighted by Gasteiger charge is -2.15. The van der Waals surface area contributed by atoms with Crippen LogP contribution in [0.2, 0.25) is 5.02 Å². The molecule has 1 aromatic heterocycles. The zero-order chi connectivity index (χ0) is 17.7. The molecule has 0 amide bonds. The molecule has 0 spiro atoms. The highest BCUT2D eigenvalue weighted by atomic mass is 35.5. The van der Waals surface area contributed by atoms with Gasteiger partial charge in [-0.25, -0.2) is 17.2 Å². The first-order valence-corrected chi connectivity index (χ1v) is 9.06. The van der Waals surface area contributed by atoms with Crippen molar-refractivity contribution in [3.8, 4) is 11.5 Å². The van der Waals surface area contributed by atoms with Gasteiger partial charge in [0.1, 0.15) is 17.6 Å². The first-order chi connectivity index (χ1) is 11.1. The third kappa shape index (κ3) is 2.97. The summed E-state index contributed by atoms with van der Waals surface area (Å²) in [6.07, 6.45) is 0.581. The summed E-state index contributed by atoms with van der Waals surface area (Å²) in [5.74, 6) is -3.24. The maximum Gasteiger partial charge on any atom is 0.281 e. The summed E-state index contributed by atoms with van der Waals surface area (Å²) in [6.45, 7) is 0. The van der Waals surface area contributed by atoms with Crippen LogP contribution in [0.5, 0.6) is 11.5 Å². The third-order valence-electron chi connectivity index (χ3n) is 3.67. The predicted molar refractivity (Wildman–Crippen MR) is 82.5 cm³/mol. The van der Waals surface area contributed by atoms with Crippen molar-refractivity contribution in [1.29, 1.82) is 0 Å². The van der Waals surface area contributed by atoms with Crippen LogP contribution in [0.4, 0.5) is 8.78 Å². The highest BCUT2D eigenvalue weighted by Gasteiger charge is 2.50. The van der Waals surface area contributed by atoms with E-state index in [9.17, 15) is 22.3 Å². The summed E-state index contributed by atoms with van der Waals surface area (Å²) in [5.41, 5.74) is -0.370. The van der Waals surface area contributed by atoms with E-state index in [2.05, 4.69) is 4.98 Å². The van der Waals surface area contributed by atoms with E-state index in [0.717, 1.165) is 12.3 Å². The van der Waals surface area contributed by atoms with E-state index in [4.69, 9.17) is 16.3 Å². The second kappa shape index (κ2) is 5.65. The summed E-state index contributed by atoms with van der Waals surface area (Å²) >= 11 is 5.80. The lowest BCUT2D eigenvalue weighted by atomic mass is 10.1. The minimum atomic E-state index is -3.79. The molecule has 0 radical (unpaired) electrons. The number of rotatable bonds is 3. The molecule has 24 heavy (non-hydrogen) atoms. The third-order valence-corrected chi connectivity index (χ3v) is 5.03. The fourth-order valence-corrected chi connectivity index (χ4v) is 3.76. The van der Waals surface area contributed by atoms with Gasteiger partial charge in [-0.1, -0.05) is 11.6 Å². The van der Waals surface area contributed by atoms with Crippen molar-refractivity contribution in [2.75, 3.05) is 6.26 Å². The van der Waals surface area contributed by atoms with Crippen LogP contribution in [-0.4, -0.2) is 30.7 Å². The van der Waals surface area contributed by atoms with Crippen molar-refractivity contribution < 1.29 is 27.0 Å². The van der Waals surface area contributed by atoms with Crippen molar-refractivity contribution in [2.45, 2.75) is 23.3 Å². The molecular formula is C15H12ClF2NO4S. The van der Waals surface area contributed by atoms with Crippen molar-refractivity contribution in [3.63, 3.8) is 0 Å². The number of pyridine rings is 1. The average Bonchev–Trinajstić information content (AvgIpc) is 2.70. The van der Waals surface area contributed by atoms with E-state index in [1.54, 1.807) is 0 Å². The molecule has 1 aliphatic rings. The van der Waals surface area contributed by atoms with Crippen LogP contribution in [0.3, 0.4) is 0 Å². The number of hydrogen-bond acceptors (Lipinski definition) is 5. The van der Waals surface area contributed by atoms with Gasteiger partial charge in [-0.15, -0.1) is 0 Å². The monoisotopic (exact) mass is 375 g/mol. The summed E-state index contributed by atoms with van der Waals surface area (Å²) in [5, 5.41) is 10.2. The van der Waals surface area contributed by atoms with Gasteiger partial charge < -0.3 is 9.84 Å². The number of fused-ring (bicyclic) bond motifs is 1. The van der Waals surface area contributed by atoms with Gasteiger partial charge in [-0.3, -0.25) is 4.98 Å². The van der Waals surface area contributed by atoms with E-state index < -0.39 is 28.3 Å². The lowest BCUT2D eigenvalue weighted by molar-refractivity contribution is -0.0976. The number of nitrogens with zero attached hydrogens (tertiary/aromatic N) is 1. The number of ether oxygens (including phenoxy) is 1. The largest absolute Gasteiger partial charge is 0.455 e. The van der Waals surface area contributed by atoms with Crippen LogP contribution in [-0.2, 0) is 16.3 Å². The Morgan fingerprint density at radius 3 is 2.71 bits per heavy atom. The fourth-order valence-electron chi connectivity index (χ4n) is 2.64. The minimum Gasteiger partial charge on any atom is -0.455 e. The molecule has 0 saturated carbocycles. The number of aromatic nitrogens is 1. The molecule has 128 valence electrons. The number of aliphatic hydroxyl groups is 1. The van der Waals surface area contributed by atoms with Crippen LogP contribution in [0.25, 0.3) is 0 Å². The van der Waals surface area contributed by atoms with Gasteiger partial charge in [-0.2, -0.15) is 0 Å². The van der Waals surface area contributed by atoms with Crippen molar-refractivity contribution >= 4 is 21.4 Å². The first-order valence-electron chi connectivity index (χ1n) is 6.80. The van der Waals surface area contributed by atoms with Gasteiger partial charge in [0.2, 0.25) is 0 Å². The highest BCUT2D eigenvalue weighted by molar-refractivity contribution is 7.90. The molecular weight excluding hydrogens is 364 g/mol. The molecule has 2 aromatic rings. The van der Waals surface area contributed by atoms with Gasteiger partial charge >= 0.3 is 0 Å². The molecule has 1 atom stereocenters. The Bertz CT molecular complexity index is 918. The summed E-state index contributed by atoms with van der Waals surface area (Å²) in [4.78, 5) is 3.49. The number of alkyl halides is 2. The average molecular weight is 376 g/mol. The Hall–Kier alpha value is -1.77. The predicted octanol–water partition coefficient (Wildman–Crippen LogP) is 3.16. The smallest absolute Gasteiger partial charge is 0.281 e. The molecule has 5 nitrogen and oxygen atoms in total. The number of benzene rings is 1. The van der Waals surface area contributed by atoms with Gasteiger partial charge in [-0.05, 0) is 12.1 Å². The second-order valence-electron chi connectivity index (χ2n) is 5.51. The van der Waals surface area contributed by atoms with E-state index in [1.165, 1.54) is 24.5 Å². The molecule has 0 bridgehead atoms. The molecule has 0 aliphatic heterocycles. The Kier molecular flexibility index (Phi) is 4.01. The lowest BCUT2D eigenvalue weighted by Crippen LogP contribution is -2.22. The topological polar surface area (TPSA) is 76.5 Å². The van der Waals surface area contributed by atoms with Crippen molar-refractivity contribution in [2.24, 2.45) is 0 Å². The molecule has 1 aliphatic carbocycles. The SMILES string of the molecule is CS(=O)(=O)c1ccc(Oc2cncc(Cl)c2)c2c1[C@H](O)C(F)(F)C2. The standard InChI is InChI=1S/C15H12ClF2NO4S/c1-24(21,22)12-3-2-11(23-9-4-8(16)6-19-7-9)10-5-15(17,18)14(20)13(10)12/h2-4,6-7,14,20H,5H2,1H3/t14-/m0/s1.